The number of amides is 2. The number of aryl methyl sites for hydroxylation is 1. The normalized spacial score (nSPS) is 12.7. The topological polar surface area (TPSA) is 80.8 Å². The molecule has 0 unspecified atom stereocenters. The maximum Gasteiger partial charge on any atom is 0.265 e. The molecule has 1 aliphatic heterocycles. The van der Waals surface area contributed by atoms with Gasteiger partial charge in [-0.05, 0) is 60.9 Å². The molecular weight excluding hydrogens is 406 g/mol. The number of carbonyl (C=O) groups is 2. The molecule has 0 saturated heterocycles. The standard InChI is InChI=1S/C25H25N3O4/c1-2-18-6-9-21(10-7-18)31-14-4-13-28-22-15-20(8-11-23(22)32-17-24(28)29)27-25(30)19-5-3-12-26-16-19/h3,5-12,15-16H,2,4,13-14,17H2,1H3,(H,27,30). The second kappa shape index (κ2) is 9.96. The maximum atomic E-state index is 12.5. The summed E-state index contributed by atoms with van der Waals surface area (Å²) in [6.07, 6.45) is 4.76. The summed E-state index contributed by atoms with van der Waals surface area (Å²) in [6.45, 7) is 3.08. The van der Waals surface area contributed by atoms with Crippen LogP contribution >= 0.6 is 0 Å². The third kappa shape index (κ3) is 5.06. The summed E-state index contributed by atoms with van der Waals surface area (Å²) in [7, 11) is 0. The van der Waals surface area contributed by atoms with Crippen molar-refractivity contribution in [2.24, 2.45) is 0 Å². The molecule has 7 heteroatoms. The van der Waals surface area contributed by atoms with Crippen LogP contribution in [-0.2, 0) is 11.2 Å². The van der Waals surface area contributed by atoms with E-state index in [2.05, 4.69) is 29.4 Å². The molecule has 0 fully saturated rings. The summed E-state index contributed by atoms with van der Waals surface area (Å²) >= 11 is 0. The summed E-state index contributed by atoms with van der Waals surface area (Å²) in [6, 6.07) is 16.7. The molecule has 0 saturated carbocycles. The lowest BCUT2D eigenvalue weighted by Gasteiger charge is -2.30. The zero-order valence-corrected chi connectivity index (χ0v) is 17.9. The number of anilines is 2. The van der Waals surface area contributed by atoms with Gasteiger partial charge >= 0.3 is 0 Å². The van der Waals surface area contributed by atoms with E-state index in [0.29, 0.717) is 42.3 Å². The number of nitrogens with zero attached hydrogens (tertiary/aromatic N) is 2. The van der Waals surface area contributed by atoms with Crippen molar-refractivity contribution < 1.29 is 19.1 Å². The molecule has 3 aromatic rings. The Balaban J connectivity index is 1.39. The lowest BCUT2D eigenvalue weighted by Crippen LogP contribution is -2.39. The number of hydrogen-bond donors (Lipinski definition) is 1. The van der Waals surface area contributed by atoms with Gasteiger partial charge in [0.25, 0.3) is 11.8 Å². The van der Waals surface area contributed by atoms with Crippen molar-refractivity contribution in [1.82, 2.24) is 4.98 Å². The Morgan fingerprint density at radius 1 is 1.19 bits per heavy atom. The molecule has 4 rings (SSSR count). The van der Waals surface area contributed by atoms with Crippen LogP contribution in [0.5, 0.6) is 11.5 Å². The molecule has 164 valence electrons. The molecule has 32 heavy (non-hydrogen) atoms. The highest BCUT2D eigenvalue weighted by molar-refractivity contribution is 6.05. The number of aromatic nitrogens is 1. The fourth-order valence-electron chi connectivity index (χ4n) is 3.46. The summed E-state index contributed by atoms with van der Waals surface area (Å²) in [4.78, 5) is 30.6. The van der Waals surface area contributed by atoms with Gasteiger partial charge in [0.05, 0.1) is 17.9 Å². The maximum absolute atomic E-state index is 12.5. The minimum atomic E-state index is -0.268. The average molecular weight is 431 g/mol. The number of fused-ring (bicyclic) bond motifs is 1. The van der Waals surface area contributed by atoms with Crippen molar-refractivity contribution in [3.8, 4) is 11.5 Å². The van der Waals surface area contributed by atoms with Crippen LogP contribution < -0.4 is 19.7 Å². The van der Waals surface area contributed by atoms with Crippen LogP contribution in [0.2, 0.25) is 0 Å². The van der Waals surface area contributed by atoms with E-state index in [1.54, 1.807) is 41.4 Å². The van der Waals surface area contributed by atoms with Gasteiger partial charge in [0.1, 0.15) is 11.5 Å². The minimum absolute atomic E-state index is 0.00622. The lowest BCUT2D eigenvalue weighted by molar-refractivity contribution is -0.121. The molecular formula is C25H25N3O4. The van der Waals surface area contributed by atoms with Crippen molar-refractivity contribution in [1.29, 1.82) is 0 Å². The molecule has 0 aliphatic carbocycles. The molecule has 0 atom stereocenters. The van der Waals surface area contributed by atoms with E-state index in [-0.39, 0.29) is 18.4 Å². The molecule has 0 spiro atoms. The summed E-state index contributed by atoms with van der Waals surface area (Å²) in [5.74, 6) is 1.03. The minimum Gasteiger partial charge on any atom is -0.494 e. The van der Waals surface area contributed by atoms with E-state index in [1.165, 1.54) is 11.8 Å². The molecule has 0 radical (unpaired) electrons. The highest BCUT2D eigenvalue weighted by Gasteiger charge is 2.25. The Hall–Kier alpha value is -3.87. The first-order chi connectivity index (χ1) is 15.6. The van der Waals surface area contributed by atoms with Gasteiger partial charge in [-0.2, -0.15) is 0 Å². The van der Waals surface area contributed by atoms with Gasteiger partial charge in [-0.15, -0.1) is 0 Å². The molecule has 2 amide bonds. The third-order valence-corrected chi connectivity index (χ3v) is 5.21. The monoisotopic (exact) mass is 431 g/mol. The number of pyridine rings is 1. The van der Waals surface area contributed by atoms with E-state index in [0.717, 1.165) is 12.2 Å². The van der Waals surface area contributed by atoms with Crippen LogP contribution in [-0.4, -0.2) is 36.6 Å². The van der Waals surface area contributed by atoms with E-state index in [9.17, 15) is 9.59 Å². The second-order valence-electron chi connectivity index (χ2n) is 7.41. The molecule has 1 aliphatic rings. The predicted molar refractivity (Wildman–Crippen MR) is 122 cm³/mol. The highest BCUT2D eigenvalue weighted by atomic mass is 16.5. The molecule has 1 N–H and O–H groups in total. The summed E-state index contributed by atoms with van der Waals surface area (Å²) < 4.78 is 11.4. The number of ether oxygens (including phenoxy) is 2. The van der Waals surface area contributed by atoms with Crippen LogP contribution in [0.15, 0.2) is 67.0 Å². The van der Waals surface area contributed by atoms with Crippen LogP contribution in [0, 0.1) is 0 Å². The van der Waals surface area contributed by atoms with E-state index in [4.69, 9.17) is 9.47 Å². The van der Waals surface area contributed by atoms with Gasteiger partial charge in [-0.1, -0.05) is 19.1 Å². The number of carbonyl (C=O) groups excluding carboxylic acids is 2. The zero-order valence-electron chi connectivity index (χ0n) is 17.9. The Morgan fingerprint density at radius 2 is 2.03 bits per heavy atom. The zero-order chi connectivity index (χ0) is 22.3. The van der Waals surface area contributed by atoms with Gasteiger partial charge in [-0.25, -0.2) is 0 Å². The van der Waals surface area contributed by atoms with Gasteiger partial charge in [-0.3, -0.25) is 14.6 Å². The molecule has 2 heterocycles. The summed E-state index contributed by atoms with van der Waals surface area (Å²) in [5, 5.41) is 2.84. The first-order valence-electron chi connectivity index (χ1n) is 10.6. The molecule has 0 bridgehead atoms. The first kappa shape index (κ1) is 21.4. The molecule has 1 aromatic heterocycles. The van der Waals surface area contributed by atoms with Crippen LogP contribution in [0.25, 0.3) is 0 Å². The fraction of sp³-hybridized carbons (Fsp3) is 0.240. The van der Waals surface area contributed by atoms with Crippen molar-refractivity contribution in [2.75, 3.05) is 30.0 Å². The van der Waals surface area contributed by atoms with Crippen molar-refractivity contribution in [3.63, 3.8) is 0 Å². The number of rotatable bonds is 8. The van der Waals surface area contributed by atoms with Crippen LogP contribution in [0.1, 0.15) is 29.3 Å². The molecule has 7 nitrogen and oxygen atoms in total. The van der Waals surface area contributed by atoms with Crippen LogP contribution in [0.4, 0.5) is 11.4 Å². The fourth-order valence-corrected chi connectivity index (χ4v) is 3.46. The number of hydrogen-bond acceptors (Lipinski definition) is 5. The predicted octanol–water partition coefficient (Wildman–Crippen LogP) is 4.09. The smallest absolute Gasteiger partial charge is 0.265 e. The Morgan fingerprint density at radius 3 is 2.78 bits per heavy atom. The quantitative estimate of drug-likeness (QED) is 0.544. The Kier molecular flexibility index (Phi) is 6.65. The SMILES string of the molecule is CCc1ccc(OCCCN2C(=O)COc3ccc(NC(=O)c4cccnc4)cc32)cc1. The number of benzene rings is 2. The van der Waals surface area contributed by atoms with Gasteiger partial charge in [0, 0.05) is 24.6 Å². The number of nitrogens with one attached hydrogen (secondary N) is 1. The van der Waals surface area contributed by atoms with Gasteiger partial charge < -0.3 is 19.7 Å². The van der Waals surface area contributed by atoms with E-state index in [1.807, 2.05) is 12.1 Å². The largest absolute Gasteiger partial charge is 0.494 e. The van der Waals surface area contributed by atoms with Crippen LogP contribution in [0.3, 0.4) is 0 Å². The highest BCUT2D eigenvalue weighted by Crippen LogP contribution is 2.34. The van der Waals surface area contributed by atoms with Crippen molar-refractivity contribution >= 4 is 23.2 Å². The Labute approximate surface area is 187 Å². The van der Waals surface area contributed by atoms with Crippen molar-refractivity contribution in [3.05, 3.63) is 78.1 Å². The Bertz CT molecular complexity index is 1080. The van der Waals surface area contributed by atoms with Gasteiger partial charge in [0.2, 0.25) is 0 Å². The third-order valence-electron chi connectivity index (χ3n) is 5.21. The average Bonchev–Trinajstić information content (AvgIpc) is 2.84. The first-order valence-corrected chi connectivity index (χ1v) is 10.6. The van der Waals surface area contributed by atoms with E-state index < -0.39 is 0 Å². The lowest BCUT2D eigenvalue weighted by atomic mass is 10.2. The summed E-state index contributed by atoms with van der Waals surface area (Å²) in [5.41, 5.74) is 2.93. The van der Waals surface area contributed by atoms with Crippen molar-refractivity contribution in [2.45, 2.75) is 19.8 Å². The van der Waals surface area contributed by atoms with E-state index >= 15 is 0 Å². The second-order valence-corrected chi connectivity index (χ2v) is 7.41. The molecule has 2 aromatic carbocycles. The van der Waals surface area contributed by atoms with Gasteiger partial charge in [0.15, 0.2) is 6.61 Å².